The minimum Gasteiger partial charge on any atom is -0.367 e. The molecule has 7 nitrogen and oxygen atoms in total. The number of ether oxygens (including phenoxy) is 4. The number of hydrogen-bond acceptors (Lipinski definition) is 8. The number of rotatable bonds is 9. The van der Waals surface area contributed by atoms with Gasteiger partial charge in [-0.05, 0) is 36.8 Å². The average Bonchev–Trinajstić information content (AvgIpc) is 3.02. The first-order valence-corrected chi connectivity index (χ1v) is 16.1. The first kappa shape index (κ1) is 29.1. The molecule has 6 rings (SSSR count). The van der Waals surface area contributed by atoms with Gasteiger partial charge in [0.15, 0.2) is 6.29 Å². The maximum absolute atomic E-state index is 13.7. The van der Waals surface area contributed by atoms with E-state index in [1.165, 1.54) is 11.8 Å². The smallest absolute Gasteiger partial charge is 0.297 e. The van der Waals surface area contributed by atoms with Gasteiger partial charge in [-0.3, -0.25) is 4.18 Å². The third kappa shape index (κ3) is 6.79. The van der Waals surface area contributed by atoms with Gasteiger partial charge in [-0.2, -0.15) is 8.42 Å². The number of thioether (sulfide) groups is 1. The van der Waals surface area contributed by atoms with Crippen molar-refractivity contribution in [3.63, 3.8) is 0 Å². The molecule has 0 amide bonds. The van der Waals surface area contributed by atoms with Crippen molar-refractivity contribution < 1.29 is 31.5 Å². The van der Waals surface area contributed by atoms with Crippen LogP contribution in [0.2, 0.25) is 0 Å². The van der Waals surface area contributed by atoms with Crippen LogP contribution < -0.4 is 0 Å². The van der Waals surface area contributed by atoms with E-state index in [1.807, 2.05) is 97.9 Å². The first-order valence-electron chi connectivity index (χ1n) is 13.8. The lowest BCUT2D eigenvalue weighted by atomic mass is 9.98. The highest BCUT2D eigenvalue weighted by atomic mass is 32.2. The minimum absolute atomic E-state index is 0.0666. The van der Waals surface area contributed by atoms with Crippen LogP contribution >= 0.6 is 11.8 Å². The first-order chi connectivity index (χ1) is 20.5. The molecular formula is C33H32O7S2. The van der Waals surface area contributed by atoms with Crippen molar-refractivity contribution in [1.82, 2.24) is 0 Å². The number of hydrogen-bond donors (Lipinski definition) is 0. The lowest BCUT2D eigenvalue weighted by molar-refractivity contribution is -0.318. The van der Waals surface area contributed by atoms with E-state index in [-0.39, 0.29) is 18.1 Å². The van der Waals surface area contributed by atoms with Gasteiger partial charge >= 0.3 is 0 Å². The van der Waals surface area contributed by atoms with Crippen molar-refractivity contribution >= 4 is 21.9 Å². The summed E-state index contributed by atoms with van der Waals surface area (Å²) >= 11 is 1.46. The van der Waals surface area contributed by atoms with Crippen LogP contribution in [0.5, 0.6) is 0 Å². The van der Waals surface area contributed by atoms with Crippen LogP contribution in [0.1, 0.15) is 23.0 Å². The lowest BCUT2D eigenvalue weighted by Gasteiger charge is -2.48. The molecule has 0 radical (unpaired) electrons. The van der Waals surface area contributed by atoms with Gasteiger partial charge in [-0.15, -0.1) is 0 Å². The molecule has 0 aliphatic carbocycles. The van der Waals surface area contributed by atoms with Gasteiger partial charge in [-0.1, -0.05) is 108 Å². The molecule has 9 heteroatoms. The zero-order chi connectivity index (χ0) is 28.9. The molecule has 0 spiro atoms. The van der Waals surface area contributed by atoms with E-state index in [1.54, 1.807) is 24.3 Å². The van der Waals surface area contributed by atoms with Gasteiger partial charge in [0.25, 0.3) is 10.1 Å². The predicted octanol–water partition coefficient (Wildman–Crippen LogP) is 6.29. The van der Waals surface area contributed by atoms with E-state index in [4.69, 9.17) is 23.1 Å². The Balaban J connectivity index is 1.36. The Morgan fingerprint density at radius 1 is 0.786 bits per heavy atom. The second-order valence-corrected chi connectivity index (χ2v) is 13.0. The molecule has 218 valence electrons. The Labute approximate surface area is 250 Å². The van der Waals surface area contributed by atoms with E-state index >= 15 is 0 Å². The van der Waals surface area contributed by atoms with Crippen molar-refractivity contribution in [1.29, 1.82) is 0 Å². The van der Waals surface area contributed by atoms with E-state index in [9.17, 15) is 8.42 Å². The van der Waals surface area contributed by atoms with E-state index in [2.05, 4.69) is 0 Å². The molecule has 2 aliphatic heterocycles. The van der Waals surface area contributed by atoms with Crippen molar-refractivity contribution in [3.05, 3.63) is 132 Å². The van der Waals surface area contributed by atoms with E-state index < -0.39 is 46.3 Å². The van der Waals surface area contributed by atoms with Gasteiger partial charge in [0.1, 0.15) is 29.9 Å². The van der Waals surface area contributed by atoms with Crippen LogP contribution in [0.3, 0.4) is 0 Å². The molecule has 0 unspecified atom stereocenters. The molecule has 0 saturated carbocycles. The second kappa shape index (κ2) is 13.1. The molecule has 0 aromatic heterocycles. The fourth-order valence-electron chi connectivity index (χ4n) is 5.01. The van der Waals surface area contributed by atoms with Gasteiger partial charge < -0.3 is 18.9 Å². The normalized spacial score (nSPS) is 25.9. The Morgan fingerprint density at radius 2 is 1.43 bits per heavy atom. The fourth-order valence-corrected chi connectivity index (χ4v) is 7.25. The molecule has 4 aromatic carbocycles. The summed E-state index contributed by atoms with van der Waals surface area (Å²) in [4.78, 5) is 1.02. The molecule has 4 aromatic rings. The highest BCUT2D eigenvalue weighted by Gasteiger charge is 2.53. The van der Waals surface area contributed by atoms with Gasteiger partial charge in [0.2, 0.25) is 0 Å². The Morgan fingerprint density at radius 3 is 2.12 bits per heavy atom. The molecule has 2 heterocycles. The SMILES string of the molecule is Cc1ccc(S(=O)(=O)O[C@@H]2[C@H](OCc3ccccc3)[C@@H](Sc3ccccc3)O[C@@H]3CO[C@@H](c4ccccc4)O[C@@H]23)cc1. The summed E-state index contributed by atoms with van der Waals surface area (Å²) in [5.41, 5.74) is 2.11. The predicted molar refractivity (Wildman–Crippen MR) is 159 cm³/mol. The minimum atomic E-state index is -4.19. The van der Waals surface area contributed by atoms with Crippen LogP contribution in [0.4, 0.5) is 0 Å². The Bertz CT molecular complexity index is 1530. The highest BCUT2D eigenvalue weighted by Crippen LogP contribution is 2.42. The van der Waals surface area contributed by atoms with Crippen LogP contribution in [-0.4, -0.2) is 44.9 Å². The van der Waals surface area contributed by atoms with E-state index in [0.29, 0.717) is 0 Å². The van der Waals surface area contributed by atoms with Crippen LogP contribution in [0, 0.1) is 6.92 Å². The summed E-state index contributed by atoms with van der Waals surface area (Å²) in [7, 11) is -4.19. The quantitative estimate of drug-likeness (QED) is 0.207. The largest absolute Gasteiger partial charge is 0.367 e. The van der Waals surface area contributed by atoms with Crippen LogP contribution in [0.15, 0.2) is 125 Å². The molecular weight excluding hydrogens is 572 g/mol. The summed E-state index contributed by atoms with van der Waals surface area (Å²) in [6, 6.07) is 35.6. The second-order valence-electron chi connectivity index (χ2n) is 10.2. The summed E-state index contributed by atoms with van der Waals surface area (Å²) in [5, 5.41) is 0. The maximum atomic E-state index is 13.7. The van der Waals surface area contributed by atoms with Gasteiger partial charge in [0.05, 0.1) is 18.1 Å². The maximum Gasteiger partial charge on any atom is 0.297 e. The third-order valence-electron chi connectivity index (χ3n) is 7.18. The van der Waals surface area contributed by atoms with Crippen LogP contribution in [0.25, 0.3) is 0 Å². The Kier molecular flexibility index (Phi) is 9.06. The summed E-state index contributed by atoms with van der Waals surface area (Å²) < 4.78 is 59.1. The highest BCUT2D eigenvalue weighted by molar-refractivity contribution is 7.99. The fraction of sp³-hybridized carbons (Fsp3) is 0.273. The lowest BCUT2D eigenvalue weighted by Crippen LogP contribution is -2.62. The van der Waals surface area contributed by atoms with Gasteiger partial charge in [-0.25, -0.2) is 0 Å². The average molecular weight is 605 g/mol. The molecule has 0 N–H and O–H groups in total. The molecule has 2 saturated heterocycles. The molecule has 2 aliphatic rings. The number of fused-ring (bicyclic) bond motifs is 1. The molecule has 0 bridgehead atoms. The molecule has 6 atom stereocenters. The monoisotopic (exact) mass is 604 g/mol. The van der Waals surface area contributed by atoms with Crippen molar-refractivity contribution in [2.75, 3.05) is 6.61 Å². The zero-order valence-electron chi connectivity index (χ0n) is 23.0. The van der Waals surface area contributed by atoms with Gasteiger partial charge in [0, 0.05) is 10.5 Å². The van der Waals surface area contributed by atoms with Crippen molar-refractivity contribution in [2.24, 2.45) is 0 Å². The third-order valence-corrected chi connectivity index (χ3v) is 9.66. The standard InChI is InChI=1S/C33H32O7S2/c1-23-17-19-27(20-18-23)42(34,35)40-30-29-28(22-37-32(39-29)25-13-7-3-8-14-25)38-33(41-26-15-9-4-10-16-26)31(30)36-21-24-11-5-2-6-12-24/h2-20,28-33H,21-22H2,1H3/t28-,29-,30+,31+,32-,33-/m1/s1. The summed E-state index contributed by atoms with van der Waals surface area (Å²) in [6.45, 7) is 2.34. The topological polar surface area (TPSA) is 80.3 Å². The number of aryl methyl sites for hydroxylation is 1. The number of benzene rings is 4. The van der Waals surface area contributed by atoms with Crippen molar-refractivity contribution in [3.8, 4) is 0 Å². The van der Waals surface area contributed by atoms with E-state index in [0.717, 1.165) is 21.6 Å². The van der Waals surface area contributed by atoms with Crippen molar-refractivity contribution in [2.45, 2.75) is 59.5 Å². The molecule has 2 fully saturated rings. The van der Waals surface area contributed by atoms with Crippen LogP contribution in [-0.2, 0) is 39.9 Å². The summed E-state index contributed by atoms with van der Waals surface area (Å²) in [5.74, 6) is 0. The molecule has 42 heavy (non-hydrogen) atoms. The summed E-state index contributed by atoms with van der Waals surface area (Å²) in [6.07, 6.45) is -3.89. The Hall–Kier alpha value is -3.02. The zero-order valence-corrected chi connectivity index (χ0v) is 24.7.